The molecule has 0 amide bonds. The van der Waals surface area contributed by atoms with Crippen molar-refractivity contribution in [2.24, 2.45) is 0 Å². The van der Waals surface area contributed by atoms with Gasteiger partial charge < -0.3 is 37.9 Å². The second kappa shape index (κ2) is 67.5. The molecule has 0 spiro atoms. The van der Waals surface area contributed by atoms with Crippen LogP contribution in [0.15, 0.2) is 24.3 Å². The summed E-state index contributed by atoms with van der Waals surface area (Å²) in [5.74, 6) is -0.361. The third kappa shape index (κ3) is 63.3. The summed E-state index contributed by atoms with van der Waals surface area (Å²) in [6.45, 7) is 12.8. The number of hydrogen-bond acceptors (Lipinski definition) is 11. The minimum Gasteiger partial charge on any atom is -0.463 e. The Morgan fingerprint density at radius 2 is 0.625 bits per heavy atom. The summed E-state index contributed by atoms with van der Waals surface area (Å²) in [4.78, 5) is 36.9. The van der Waals surface area contributed by atoms with E-state index in [1.54, 1.807) is 0 Å². The number of carbonyl (C=O) groups excluding carboxylic acids is 3. The molecule has 2 atom stereocenters. The van der Waals surface area contributed by atoms with E-state index < -0.39 is 0 Å². The van der Waals surface area contributed by atoms with Crippen molar-refractivity contribution in [1.82, 2.24) is 0 Å². The lowest BCUT2D eigenvalue weighted by atomic mass is 10.1. The molecule has 0 aromatic carbocycles. The molecule has 0 fully saturated rings. The first-order valence-electron chi connectivity index (χ1n) is 34.2. The molecule has 80 heavy (non-hydrogen) atoms. The number of hydrogen-bond donors (Lipinski definition) is 0. The molecule has 0 heterocycles. The van der Waals surface area contributed by atoms with Crippen LogP contribution in [0.4, 0.5) is 0 Å². The molecule has 0 aromatic rings. The molecular weight excluding hydrogens is 1000 g/mol. The van der Waals surface area contributed by atoms with E-state index >= 15 is 0 Å². The van der Waals surface area contributed by atoms with Crippen LogP contribution in [0.2, 0.25) is 0 Å². The van der Waals surface area contributed by atoms with Crippen LogP contribution in [0.5, 0.6) is 0 Å². The lowest BCUT2D eigenvalue weighted by Crippen LogP contribution is -2.17. The van der Waals surface area contributed by atoms with Crippen molar-refractivity contribution >= 4 is 17.9 Å². The molecule has 0 aliphatic heterocycles. The third-order valence-corrected chi connectivity index (χ3v) is 14.9. The number of allylic oxidation sites excluding steroid dienone is 2. The summed E-state index contributed by atoms with van der Waals surface area (Å²) in [6.07, 6.45) is 62.5. The van der Waals surface area contributed by atoms with Crippen LogP contribution in [0, 0.1) is 0 Å². The van der Waals surface area contributed by atoms with Crippen molar-refractivity contribution in [2.75, 3.05) is 66.3 Å². The smallest absolute Gasteiger partial charge is 0.306 e. The van der Waals surface area contributed by atoms with Gasteiger partial charge in [-0.25, -0.2) is 0 Å². The van der Waals surface area contributed by atoms with Gasteiger partial charge in [0.05, 0.1) is 45.7 Å². The Hall–Kier alpha value is -2.31. The molecule has 0 radical (unpaired) electrons. The van der Waals surface area contributed by atoms with Gasteiger partial charge in [-0.1, -0.05) is 245 Å². The standard InChI is InChI=1S/C69H130O11/c1-5-9-13-17-19-21-27-33-39-47-55-77-65(48-40-15-11-7-3)49-42-34-28-23-25-30-36-44-52-67(70)78-62-60-73-56-58-75-64-76-59-57-74-61-63-79-68(71)53-45-37-31-26-24-29-35-43-51-66(50-41-16-12-8-4)80-69(72)54-46-38-32-22-20-18-14-10-6-2/h34-35,42-43,65-66H,5-33,36-41,44-64H2,1-4H3/b42-34-,43-35-. The fourth-order valence-corrected chi connectivity index (χ4v) is 9.80. The van der Waals surface area contributed by atoms with E-state index in [0.717, 1.165) is 109 Å². The van der Waals surface area contributed by atoms with Gasteiger partial charge in [0.15, 0.2) is 0 Å². The first kappa shape index (κ1) is 77.7. The summed E-state index contributed by atoms with van der Waals surface area (Å²) < 4.78 is 44.9. The van der Waals surface area contributed by atoms with Crippen LogP contribution in [-0.2, 0) is 52.3 Å². The molecule has 0 bridgehead atoms. The average Bonchev–Trinajstić information content (AvgIpc) is 3.45. The van der Waals surface area contributed by atoms with Gasteiger partial charge >= 0.3 is 17.9 Å². The summed E-state index contributed by atoms with van der Waals surface area (Å²) in [6, 6.07) is 0. The molecule has 0 N–H and O–H groups in total. The number of unbranched alkanes of at least 4 members (excludes halogenated alkanes) is 33. The maximum atomic E-state index is 12.6. The summed E-state index contributed by atoms with van der Waals surface area (Å²) >= 11 is 0. The van der Waals surface area contributed by atoms with E-state index in [9.17, 15) is 14.4 Å². The van der Waals surface area contributed by atoms with Gasteiger partial charge in [-0.2, -0.15) is 0 Å². The number of ether oxygens (including phenoxy) is 8. The van der Waals surface area contributed by atoms with Crippen LogP contribution >= 0.6 is 0 Å². The van der Waals surface area contributed by atoms with Crippen LogP contribution in [0.1, 0.15) is 323 Å². The predicted molar refractivity (Wildman–Crippen MR) is 333 cm³/mol. The Balaban J connectivity index is 3.70. The Morgan fingerprint density at radius 3 is 1.06 bits per heavy atom. The molecule has 0 aliphatic rings. The van der Waals surface area contributed by atoms with E-state index in [1.165, 1.54) is 173 Å². The Morgan fingerprint density at radius 1 is 0.300 bits per heavy atom. The van der Waals surface area contributed by atoms with Gasteiger partial charge in [-0.15, -0.1) is 0 Å². The maximum Gasteiger partial charge on any atom is 0.306 e. The normalized spacial score (nSPS) is 12.5. The zero-order chi connectivity index (χ0) is 58.0. The van der Waals surface area contributed by atoms with Gasteiger partial charge in [0, 0.05) is 32.3 Å². The SMILES string of the molecule is CCCCCCCCCCCCOC(C/C=C\CCCCCCCC(=O)OCCOCCOCOCCOCCOC(=O)CCCCCCC/C=C\CC(CCCCCC)OC(=O)CCCCCCCCCCC)CCCCCC. The Labute approximate surface area is 494 Å². The highest BCUT2D eigenvalue weighted by Gasteiger charge is 2.14. The summed E-state index contributed by atoms with van der Waals surface area (Å²) in [7, 11) is 0. The largest absolute Gasteiger partial charge is 0.463 e. The molecule has 472 valence electrons. The molecule has 0 aliphatic carbocycles. The zero-order valence-corrected chi connectivity index (χ0v) is 53.1. The van der Waals surface area contributed by atoms with Crippen LogP contribution < -0.4 is 0 Å². The van der Waals surface area contributed by atoms with Crippen molar-refractivity contribution < 1.29 is 52.3 Å². The van der Waals surface area contributed by atoms with Gasteiger partial charge in [-0.05, 0) is 77.0 Å². The highest BCUT2D eigenvalue weighted by molar-refractivity contribution is 5.70. The molecule has 0 rings (SSSR count). The maximum absolute atomic E-state index is 12.6. The monoisotopic (exact) mass is 1130 g/mol. The molecule has 11 heteroatoms. The zero-order valence-electron chi connectivity index (χ0n) is 53.1. The minimum absolute atomic E-state index is 0.00498. The van der Waals surface area contributed by atoms with Crippen molar-refractivity contribution in [3.05, 3.63) is 24.3 Å². The Bertz CT molecular complexity index is 1320. The minimum atomic E-state index is -0.178. The van der Waals surface area contributed by atoms with E-state index in [1.807, 2.05) is 0 Å². The lowest BCUT2D eigenvalue weighted by Gasteiger charge is -2.16. The number of esters is 3. The first-order valence-corrected chi connectivity index (χ1v) is 34.2. The van der Waals surface area contributed by atoms with Crippen molar-refractivity contribution in [2.45, 2.75) is 335 Å². The first-order chi connectivity index (χ1) is 39.5. The fourth-order valence-electron chi connectivity index (χ4n) is 9.80. The predicted octanol–water partition coefficient (Wildman–Crippen LogP) is 19.5. The van der Waals surface area contributed by atoms with E-state index in [4.69, 9.17) is 37.9 Å². The highest BCUT2D eigenvalue weighted by Crippen LogP contribution is 2.18. The fraction of sp³-hybridized carbons (Fsp3) is 0.899. The molecule has 2 unspecified atom stereocenters. The van der Waals surface area contributed by atoms with Crippen molar-refractivity contribution in [3.8, 4) is 0 Å². The van der Waals surface area contributed by atoms with Gasteiger partial charge in [-0.3, -0.25) is 14.4 Å². The summed E-state index contributed by atoms with van der Waals surface area (Å²) in [5, 5.41) is 0. The van der Waals surface area contributed by atoms with Crippen molar-refractivity contribution in [1.29, 1.82) is 0 Å². The van der Waals surface area contributed by atoms with Crippen LogP contribution in [0.3, 0.4) is 0 Å². The molecule has 0 aromatic heterocycles. The van der Waals surface area contributed by atoms with Gasteiger partial charge in [0.1, 0.15) is 26.1 Å². The number of rotatable bonds is 67. The van der Waals surface area contributed by atoms with E-state index in [-0.39, 0.29) is 44.0 Å². The van der Waals surface area contributed by atoms with Crippen LogP contribution in [-0.4, -0.2) is 96.4 Å². The van der Waals surface area contributed by atoms with Crippen LogP contribution in [0.25, 0.3) is 0 Å². The highest BCUT2D eigenvalue weighted by atomic mass is 16.7. The van der Waals surface area contributed by atoms with E-state index in [2.05, 4.69) is 52.0 Å². The van der Waals surface area contributed by atoms with Crippen molar-refractivity contribution in [3.63, 3.8) is 0 Å². The lowest BCUT2D eigenvalue weighted by molar-refractivity contribution is -0.149. The van der Waals surface area contributed by atoms with E-state index in [0.29, 0.717) is 65.0 Å². The quantitative estimate of drug-likeness (QED) is 0.0190. The third-order valence-electron chi connectivity index (χ3n) is 14.9. The average molecular weight is 1140 g/mol. The molecular formula is C69H130O11. The second-order valence-corrected chi connectivity index (χ2v) is 22.7. The molecule has 11 nitrogen and oxygen atoms in total. The van der Waals surface area contributed by atoms with Gasteiger partial charge in [0.2, 0.25) is 0 Å². The number of carbonyl (C=O) groups is 3. The topological polar surface area (TPSA) is 125 Å². The Kier molecular flexibility index (Phi) is 65.5. The summed E-state index contributed by atoms with van der Waals surface area (Å²) in [5.41, 5.74) is 0. The second-order valence-electron chi connectivity index (χ2n) is 22.7. The van der Waals surface area contributed by atoms with Gasteiger partial charge in [0.25, 0.3) is 0 Å². The molecule has 0 saturated heterocycles. The molecule has 0 saturated carbocycles.